The average molecular weight is 254 g/mol. The molecule has 0 aliphatic heterocycles. The van der Waals surface area contributed by atoms with Crippen molar-refractivity contribution in [3.05, 3.63) is 0 Å². The Hall–Kier alpha value is 0.260. The minimum absolute atomic E-state index is 0.202. The highest BCUT2D eigenvalue weighted by Crippen LogP contribution is 2.09. The topological polar surface area (TPSA) is 54.4 Å². The summed E-state index contributed by atoms with van der Waals surface area (Å²) in [4.78, 5) is 0. The Kier molecular flexibility index (Phi) is 8.56. The van der Waals surface area contributed by atoms with Crippen molar-refractivity contribution in [2.24, 2.45) is 0 Å². The number of rotatable bonds is 9. The van der Waals surface area contributed by atoms with Crippen molar-refractivity contribution in [1.29, 1.82) is 0 Å². The average Bonchev–Trinajstić information content (AvgIpc) is 2.18. The maximum atomic E-state index is 11.2. The van der Waals surface area contributed by atoms with Gasteiger partial charge >= 0.3 is 0 Å². The molecule has 5 heteroatoms. The van der Waals surface area contributed by atoms with E-state index in [-0.39, 0.29) is 17.6 Å². The number of hydrogen-bond donors (Lipinski definition) is 1. The summed E-state index contributed by atoms with van der Waals surface area (Å²) < 4.78 is 22.3. The van der Waals surface area contributed by atoms with Crippen LogP contribution >= 0.6 is 11.8 Å². The number of aliphatic hydroxyl groups is 1. The lowest BCUT2D eigenvalue weighted by atomic mass is 10.2. The number of aliphatic hydroxyl groups excluding tert-OH is 1. The second-order valence-corrected chi connectivity index (χ2v) is 7.23. The van der Waals surface area contributed by atoms with Gasteiger partial charge in [0.1, 0.15) is 9.84 Å². The van der Waals surface area contributed by atoms with Crippen molar-refractivity contribution in [3.63, 3.8) is 0 Å². The van der Waals surface area contributed by atoms with Crippen LogP contribution < -0.4 is 0 Å². The Morgan fingerprint density at radius 3 is 2.53 bits per heavy atom. The van der Waals surface area contributed by atoms with E-state index < -0.39 is 9.84 Å². The normalized spacial score (nSPS) is 14.1. The van der Waals surface area contributed by atoms with E-state index in [9.17, 15) is 13.5 Å². The third kappa shape index (κ3) is 9.20. The summed E-state index contributed by atoms with van der Waals surface area (Å²) in [5.74, 6) is 2.19. The minimum Gasteiger partial charge on any atom is -0.392 e. The van der Waals surface area contributed by atoms with Gasteiger partial charge in [-0.15, -0.1) is 0 Å². The summed E-state index contributed by atoms with van der Waals surface area (Å²) >= 11 is 1.73. The molecule has 0 saturated heterocycles. The molecule has 0 rings (SSSR count). The molecule has 0 fully saturated rings. The monoisotopic (exact) mass is 254 g/mol. The summed E-state index contributed by atoms with van der Waals surface area (Å²) in [6, 6.07) is 0. The molecule has 0 radical (unpaired) electrons. The largest absolute Gasteiger partial charge is 0.392 e. The van der Waals surface area contributed by atoms with Gasteiger partial charge in [-0.1, -0.05) is 13.8 Å². The van der Waals surface area contributed by atoms with Crippen LogP contribution in [0.5, 0.6) is 0 Å². The first-order chi connectivity index (χ1) is 7.02. The summed E-state index contributed by atoms with van der Waals surface area (Å²) in [5, 5.41) is 9.53. The molecule has 0 aromatic carbocycles. The lowest BCUT2D eigenvalue weighted by Gasteiger charge is -2.09. The Morgan fingerprint density at radius 2 is 2.00 bits per heavy atom. The van der Waals surface area contributed by atoms with Crippen LogP contribution in [0.1, 0.15) is 33.1 Å². The molecule has 0 aromatic rings. The fourth-order valence-electron chi connectivity index (χ4n) is 1.13. The minimum atomic E-state index is -2.86. The van der Waals surface area contributed by atoms with E-state index in [0.717, 1.165) is 17.9 Å². The van der Waals surface area contributed by atoms with Gasteiger partial charge in [-0.05, 0) is 25.0 Å². The van der Waals surface area contributed by atoms with Gasteiger partial charge in [0.15, 0.2) is 0 Å². The van der Waals surface area contributed by atoms with Gasteiger partial charge in [-0.2, -0.15) is 11.8 Å². The van der Waals surface area contributed by atoms with Crippen molar-refractivity contribution < 1.29 is 13.5 Å². The van der Waals surface area contributed by atoms with Gasteiger partial charge in [0.25, 0.3) is 0 Å². The van der Waals surface area contributed by atoms with Crippen molar-refractivity contribution in [3.8, 4) is 0 Å². The quantitative estimate of drug-likeness (QED) is 0.636. The molecule has 3 nitrogen and oxygen atoms in total. The van der Waals surface area contributed by atoms with E-state index >= 15 is 0 Å². The van der Waals surface area contributed by atoms with Gasteiger partial charge in [0.2, 0.25) is 0 Å². The number of hydrogen-bond acceptors (Lipinski definition) is 4. The molecule has 0 aliphatic rings. The van der Waals surface area contributed by atoms with Gasteiger partial charge in [0, 0.05) is 11.5 Å². The predicted octanol–water partition coefficient (Wildman–Crippen LogP) is 1.71. The zero-order chi connectivity index (χ0) is 11.7. The fourth-order valence-corrected chi connectivity index (χ4v) is 2.92. The zero-order valence-corrected chi connectivity index (χ0v) is 11.2. The molecule has 0 aliphatic carbocycles. The maximum absolute atomic E-state index is 11.2. The molecule has 0 amide bonds. The molecule has 0 aromatic heterocycles. The molecular weight excluding hydrogens is 232 g/mol. The first-order valence-corrected chi connectivity index (χ1v) is 8.45. The smallest absolute Gasteiger partial charge is 0.150 e. The van der Waals surface area contributed by atoms with Crippen LogP contribution in [0.25, 0.3) is 0 Å². The Bertz CT molecular complexity index is 237. The highest BCUT2D eigenvalue weighted by atomic mass is 32.2. The van der Waals surface area contributed by atoms with Crippen molar-refractivity contribution in [2.75, 3.05) is 23.0 Å². The molecule has 0 heterocycles. The first kappa shape index (κ1) is 15.3. The lowest BCUT2D eigenvalue weighted by molar-refractivity contribution is 0.188. The van der Waals surface area contributed by atoms with Crippen LogP contribution in [0.15, 0.2) is 0 Å². The summed E-state index contributed by atoms with van der Waals surface area (Å²) in [7, 11) is -2.86. The zero-order valence-electron chi connectivity index (χ0n) is 9.61. The van der Waals surface area contributed by atoms with Crippen molar-refractivity contribution in [2.45, 2.75) is 39.2 Å². The van der Waals surface area contributed by atoms with Crippen LogP contribution in [0, 0.1) is 0 Å². The first-order valence-electron chi connectivity index (χ1n) is 5.48. The molecule has 0 saturated carbocycles. The van der Waals surface area contributed by atoms with Gasteiger partial charge < -0.3 is 5.11 Å². The number of sulfone groups is 1. The molecule has 0 spiro atoms. The summed E-state index contributed by atoms with van der Waals surface area (Å²) in [6.45, 7) is 3.76. The molecular formula is C10H22O3S2. The highest BCUT2D eigenvalue weighted by Gasteiger charge is 2.09. The Balaban J connectivity index is 3.50. The second-order valence-electron chi connectivity index (χ2n) is 3.61. The van der Waals surface area contributed by atoms with Crippen LogP contribution in [0.3, 0.4) is 0 Å². The molecule has 1 unspecified atom stereocenters. The van der Waals surface area contributed by atoms with Crippen molar-refractivity contribution >= 4 is 21.6 Å². The molecule has 15 heavy (non-hydrogen) atoms. The Labute approximate surface area is 97.6 Å². The van der Waals surface area contributed by atoms with E-state index in [4.69, 9.17) is 0 Å². The summed E-state index contributed by atoms with van der Waals surface area (Å²) in [5.41, 5.74) is 0. The van der Waals surface area contributed by atoms with Crippen LogP contribution in [0.2, 0.25) is 0 Å². The van der Waals surface area contributed by atoms with Crippen LogP contribution in [-0.2, 0) is 9.84 Å². The molecule has 0 bridgehead atoms. The van der Waals surface area contributed by atoms with E-state index in [1.54, 1.807) is 18.7 Å². The predicted molar refractivity (Wildman–Crippen MR) is 67.2 cm³/mol. The van der Waals surface area contributed by atoms with Gasteiger partial charge in [-0.25, -0.2) is 8.42 Å². The fraction of sp³-hybridized carbons (Fsp3) is 1.00. The van der Waals surface area contributed by atoms with Crippen molar-refractivity contribution in [1.82, 2.24) is 0 Å². The van der Waals surface area contributed by atoms with E-state index in [0.29, 0.717) is 12.8 Å². The van der Waals surface area contributed by atoms with E-state index in [2.05, 4.69) is 6.92 Å². The van der Waals surface area contributed by atoms with Crippen LogP contribution in [0.4, 0.5) is 0 Å². The van der Waals surface area contributed by atoms with Gasteiger partial charge in [-0.3, -0.25) is 0 Å². The van der Waals surface area contributed by atoms with E-state index in [1.807, 2.05) is 0 Å². The lowest BCUT2D eigenvalue weighted by Crippen LogP contribution is -2.14. The molecule has 92 valence electrons. The Morgan fingerprint density at radius 1 is 1.33 bits per heavy atom. The number of thioether (sulfide) groups is 1. The summed E-state index contributed by atoms with van der Waals surface area (Å²) in [6.07, 6.45) is 1.93. The van der Waals surface area contributed by atoms with Gasteiger partial charge in [0.05, 0.1) is 11.9 Å². The second kappa shape index (κ2) is 8.42. The maximum Gasteiger partial charge on any atom is 0.150 e. The third-order valence-electron chi connectivity index (χ3n) is 2.09. The molecule has 1 atom stereocenters. The third-order valence-corrected chi connectivity index (χ3v) is 5.20. The standard InChI is InChI=1S/C10H22O3S2/c1-3-7-14-9-10(11)6-5-8-15(12,13)4-2/h10-11H,3-9H2,1-2H3. The van der Waals surface area contributed by atoms with Crippen LogP contribution in [-0.4, -0.2) is 42.6 Å². The SMILES string of the molecule is CCCSCC(O)CCCS(=O)(=O)CC. The highest BCUT2D eigenvalue weighted by molar-refractivity contribution is 7.99. The molecule has 1 N–H and O–H groups in total. The van der Waals surface area contributed by atoms with E-state index in [1.165, 1.54) is 0 Å².